The standard InChI is InChI=1S/C21H18F5N5O2/c1-20(9-33-10-20)8-27-19(29-18(32)11-2-4-14(22)15(23)6-11)28-17-13-7-12(21(24,25)26)3-5-16(13)30-31-17/h2-7H,8-10H2,1H3,(H3,27,28,29,30,31,32). The number of alkyl halides is 3. The summed E-state index contributed by atoms with van der Waals surface area (Å²) in [7, 11) is 0. The van der Waals surface area contributed by atoms with Crippen molar-refractivity contribution in [1.82, 2.24) is 15.5 Å². The molecule has 2 aromatic carbocycles. The van der Waals surface area contributed by atoms with E-state index in [4.69, 9.17) is 4.74 Å². The zero-order valence-electron chi connectivity index (χ0n) is 17.2. The highest BCUT2D eigenvalue weighted by Gasteiger charge is 2.34. The first-order valence-corrected chi connectivity index (χ1v) is 9.76. The number of nitrogens with zero attached hydrogens (tertiary/aromatic N) is 2. The SMILES string of the molecule is CC1(CN/C(=N/C(=O)c2ccc(F)c(F)c2)Nc2n[nH]c3ccc(C(F)(F)F)cc23)COC1. The van der Waals surface area contributed by atoms with E-state index in [2.05, 4.69) is 25.8 Å². The average molecular weight is 467 g/mol. The molecule has 1 aliphatic heterocycles. The van der Waals surface area contributed by atoms with Crippen molar-refractivity contribution in [2.75, 3.05) is 25.1 Å². The van der Waals surface area contributed by atoms with Crippen LogP contribution in [0.2, 0.25) is 0 Å². The van der Waals surface area contributed by atoms with Gasteiger partial charge in [0.2, 0.25) is 5.96 Å². The van der Waals surface area contributed by atoms with Crippen molar-refractivity contribution in [1.29, 1.82) is 0 Å². The van der Waals surface area contributed by atoms with Crippen LogP contribution in [-0.2, 0) is 10.9 Å². The van der Waals surface area contributed by atoms with Gasteiger partial charge in [0.05, 0.1) is 24.3 Å². The molecule has 1 saturated heterocycles. The average Bonchev–Trinajstić information content (AvgIpc) is 3.14. The number of anilines is 1. The molecule has 3 aromatic rings. The van der Waals surface area contributed by atoms with Gasteiger partial charge in [0, 0.05) is 22.9 Å². The number of aliphatic imine (C=N–C) groups is 1. The number of H-pyrrole nitrogens is 1. The van der Waals surface area contributed by atoms with Crippen molar-refractivity contribution in [3.05, 3.63) is 59.2 Å². The normalized spacial score (nSPS) is 15.9. The van der Waals surface area contributed by atoms with Crippen molar-refractivity contribution in [2.45, 2.75) is 13.1 Å². The van der Waals surface area contributed by atoms with Crippen molar-refractivity contribution in [3.8, 4) is 0 Å². The highest BCUT2D eigenvalue weighted by Crippen LogP contribution is 2.33. The van der Waals surface area contributed by atoms with Gasteiger partial charge in [-0.05, 0) is 36.4 Å². The van der Waals surface area contributed by atoms with Gasteiger partial charge in [-0.15, -0.1) is 0 Å². The maximum Gasteiger partial charge on any atom is 0.416 e. The third-order valence-corrected chi connectivity index (χ3v) is 5.09. The Hall–Kier alpha value is -3.54. The second kappa shape index (κ2) is 8.43. The summed E-state index contributed by atoms with van der Waals surface area (Å²) in [5.41, 5.74) is -0.997. The first-order valence-electron chi connectivity index (χ1n) is 9.76. The molecule has 0 saturated carbocycles. The summed E-state index contributed by atoms with van der Waals surface area (Å²) in [5, 5.41) is 12.4. The summed E-state index contributed by atoms with van der Waals surface area (Å²) in [6, 6.07) is 5.64. The van der Waals surface area contributed by atoms with E-state index in [0.717, 1.165) is 24.3 Å². The minimum atomic E-state index is -4.56. The van der Waals surface area contributed by atoms with E-state index in [9.17, 15) is 26.7 Å². The van der Waals surface area contributed by atoms with E-state index in [1.165, 1.54) is 6.07 Å². The summed E-state index contributed by atoms with van der Waals surface area (Å²) in [5.74, 6) is -3.35. The molecule has 12 heteroatoms. The molecule has 1 aliphatic rings. The molecule has 0 unspecified atom stereocenters. The fourth-order valence-corrected chi connectivity index (χ4v) is 3.15. The third kappa shape index (κ3) is 4.95. The molecule has 2 heterocycles. The number of rotatable bonds is 4. The van der Waals surface area contributed by atoms with E-state index < -0.39 is 29.3 Å². The van der Waals surface area contributed by atoms with Crippen LogP contribution in [0.5, 0.6) is 0 Å². The lowest BCUT2D eigenvalue weighted by Crippen LogP contribution is -2.49. The van der Waals surface area contributed by atoms with Crippen LogP contribution in [0, 0.1) is 17.0 Å². The Kier molecular flexibility index (Phi) is 5.78. The van der Waals surface area contributed by atoms with Gasteiger partial charge in [-0.2, -0.15) is 23.3 Å². The molecule has 1 amide bonds. The van der Waals surface area contributed by atoms with Crippen LogP contribution in [0.4, 0.5) is 27.8 Å². The van der Waals surface area contributed by atoms with Gasteiger partial charge in [0.1, 0.15) is 0 Å². The zero-order chi connectivity index (χ0) is 23.8. The van der Waals surface area contributed by atoms with Gasteiger partial charge in [0.15, 0.2) is 17.5 Å². The lowest BCUT2D eigenvalue weighted by atomic mass is 9.89. The van der Waals surface area contributed by atoms with Gasteiger partial charge in [0.25, 0.3) is 5.91 Å². The number of benzene rings is 2. The molecular formula is C21H18F5N5O2. The number of carbonyl (C=O) groups excluding carboxylic acids is 1. The number of hydrogen-bond acceptors (Lipinski definition) is 3. The van der Waals surface area contributed by atoms with E-state index in [0.29, 0.717) is 31.3 Å². The molecule has 1 fully saturated rings. The zero-order valence-corrected chi connectivity index (χ0v) is 17.2. The summed E-state index contributed by atoms with van der Waals surface area (Å²) in [6.45, 7) is 3.17. The first-order chi connectivity index (χ1) is 15.5. The minimum absolute atomic E-state index is 0.00421. The van der Waals surface area contributed by atoms with Crippen LogP contribution in [0.3, 0.4) is 0 Å². The topological polar surface area (TPSA) is 91.4 Å². The van der Waals surface area contributed by atoms with Crippen LogP contribution in [-0.4, -0.2) is 41.8 Å². The molecular weight excluding hydrogens is 449 g/mol. The van der Waals surface area contributed by atoms with Crippen molar-refractivity contribution in [3.63, 3.8) is 0 Å². The smallest absolute Gasteiger partial charge is 0.380 e. The number of guanidine groups is 1. The molecule has 0 bridgehead atoms. The van der Waals surface area contributed by atoms with E-state index in [1.807, 2.05) is 6.92 Å². The maximum absolute atomic E-state index is 13.5. The fourth-order valence-electron chi connectivity index (χ4n) is 3.15. The monoisotopic (exact) mass is 467 g/mol. The van der Waals surface area contributed by atoms with Crippen LogP contribution in [0.15, 0.2) is 41.4 Å². The van der Waals surface area contributed by atoms with Gasteiger partial charge >= 0.3 is 6.18 Å². The Bertz CT molecular complexity index is 1230. The molecule has 7 nitrogen and oxygen atoms in total. The summed E-state index contributed by atoms with van der Waals surface area (Å²) in [4.78, 5) is 16.4. The molecule has 0 aliphatic carbocycles. The molecule has 33 heavy (non-hydrogen) atoms. The Morgan fingerprint density at radius 1 is 1.18 bits per heavy atom. The number of amides is 1. The second-order valence-electron chi connectivity index (χ2n) is 8.01. The number of halogens is 5. The van der Waals surface area contributed by atoms with Crippen LogP contribution < -0.4 is 10.6 Å². The Morgan fingerprint density at radius 2 is 1.94 bits per heavy atom. The lowest BCUT2D eigenvalue weighted by Gasteiger charge is -2.38. The van der Waals surface area contributed by atoms with Crippen LogP contribution in [0.1, 0.15) is 22.8 Å². The molecule has 0 radical (unpaired) electrons. The van der Waals surface area contributed by atoms with Crippen LogP contribution in [0.25, 0.3) is 10.9 Å². The lowest BCUT2D eigenvalue weighted by molar-refractivity contribution is -0.137. The Balaban J connectivity index is 1.65. The molecule has 4 rings (SSSR count). The number of nitrogens with one attached hydrogen (secondary N) is 3. The van der Waals surface area contributed by atoms with Crippen molar-refractivity contribution in [2.24, 2.45) is 10.4 Å². The van der Waals surface area contributed by atoms with Crippen LogP contribution >= 0.6 is 0 Å². The second-order valence-corrected chi connectivity index (χ2v) is 8.01. The number of aromatic amines is 1. The number of carbonyl (C=O) groups is 1. The number of hydrogen-bond donors (Lipinski definition) is 3. The van der Waals surface area contributed by atoms with Gasteiger partial charge in [-0.1, -0.05) is 6.92 Å². The highest BCUT2D eigenvalue weighted by atomic mass is 19.4. The van der Waals surface area contributed by atoms with Gasteiger partial charge < -0.3 is 15.4 Å². The predicted molar refractivity (Wildman–Crippen MR) is 110 cm³/mol. The summed E-state index contributed by atoms with van der Waals surface area (Å²) < 4.78 is 71.3. The third-order valence-electron chi connectivity index (χ3n) is 5.09. The summed E-state index contributed by atoms with van der Waals surface area (Å²) >= 11 is 0. The van der Waals surface area contributed by atoms with Gasteiger partial charge in [-0.25, -0.2) is 8.78 Å². The first kappa shape index (κ1) is 22.6. The highest BCUT2D eigenvalue weighted by molar-refractivity contribution is 6.08. The quantitative estimate of drug-likeness (QED) is 0.306. The van der Waals surface area contributed by atoms with Crippen molar-refractivity contribution < 1.29 is 31.5 Å². The number of ether oxygens (including phenoxy) is 1. The minimum Gasteiger partial charge on any atom is -0.380 e. The molecule has 3 N–H and O–H groups in total. The molecule has 174 valence electrons. The van der Waals surface area contributed by atoms with Gasteiger partial charge in [-0.3, -0.25) is 9.89 Å². The fraction of sp³-hybridized carbons (Fsp3) is 0.286. The maximum atomic E-state index is 13.5. The summed E-state index contributed by atoms with van der Waals surface area (Å²) in [6.07, 6.45) is -4.56. The number of fused-ring (bicyclic) bond motifs is 1. The largest absolute Gasteiger partial charge is 0.416 e. The Morgan fingerprint density at radius 3 is 2.58 bits per heavy atom. The number of aromatic nitrogens is 2. The van der Waals surface area contributed by atoms with E-state index >= 15 is 0 Å². The molecule has 0 atom stereocenters. The Labute approximate surface area is 184 Å². The van der Waals surface area contributed by atoms with E-state index in [1.54, 1.807) is 0 Å². The van der Waals surface area contributed by atoms with E-state index in [-0.39, 0.29) is 28.1 Å². The molecule has 1 aromatic heterocycles. The van der Waals surface area contributed by atoms with Crippen molar-refractivity contribution >= 4 is 28.6 Å². The molecule has 0 spiro atoms. The predicted octanol–water partition coefficient (Wildman–Crippen LogP) is 4.09.